The van der Waals surface area contributed by atoms with Crippen molar-refractivity contribution in [2.45, 2.75) is 115 Å². The Bertz CT molecular complexity index is 849. The van der Waals surface area contributed by atoms with Gasteiger partial charge in [-0.15, -0.1) is 6.58 Å². The van der Waals surface area contributed by atoms with E-state index in [0.717, 1.165) is 37.0 Å². The van der Waals surface area contributed by atoms with Gasteiger partial charge in [-0.1, -0.05) is 144 Å². The molecule has 0 heterocycles. The van der Waals surface area contributed by atoms with Crippen molar-refractivity contribution >= 4 is 0 Å². The van der Waals surface area contributed by atoms with Crippen molar-refractivity contribution in [2.75, 3.05) is 0 Å². The van der Waals surface area contributed by atoms with Crippen LogP contribution in [0.5, 0.6) is 0 Å². The molecule has 0 amide bonds. The smallest absolute Gasteiger partial charge is 0.00727 e. The van der Waals surface area contributed by atoms with E-state index in [-0.39, 0.29) is 0 Å². The number of aryl methyl sites for hydroxylation is 2. The van der Waals surface area contributed by atoms with Crippen LogP contribution in [0.2, 0.25) is 0 Å². The summed E-state index contributed by atoms with van der Waals surface area (Å²) < 4.78 is 0. The van der Waals surface area contributed by atoms with Crippen LogP contribution in [0, 0.1) is 31.6 Å². The summed E-state index contributed by atoms with van der Waals surface area (Å²) in [4.78, 5) is 0. The second-order valence-electron chi connectivity index (χ2n) is 11.6. The van der Waals surface area contributed by atoms with Gasteiger partial charge >= 0.3 is 0 Å². The standard InChI is InChI=1S/C18H34.C11H16.C8H10.C3H6/c1-8-16(7)18(9-2)11-10-17(12-14(3)4)13-15(5)6;1-5-7-11(8-6-2)9-10(3)4;1-7-3-5-8(2)6-4-7;1-3-2/h11,14-15,17H,7-10,12-13H2,1-6H3;5-8H,1,3,9H2,2,4H3;3-6H,1-2H3;3H,1H2,2H3/b18-11+;8-6-,11-7+;;. The zero-order valence-corrected chi connectivity index (χ0v) is 28.6. The molecule has 0 heteroatoms. The number of hydrogen-bond acceptors (Lipinski definition) is 0. The summed E-state index contributed by atoms with van der Waals surface area (Å²) in [5.74, 6) is 2.46. The van der Waals surface area contributed by atoms with E-state index in [2.05, 4.69) is 118 Å². The molecule has 0 unspecified atom stereocenters. The van der Waals surface area contributed by atoms with Gasteiger partial charge in [0.1, 0.15) is 0 Å². The third kappa shape index (κ3) is 28.4. The molecule has 0 bridgehead atoms. The third-order valence-corrected chi connectivity index (χ3v) is 6.01. The minimum Gasteiger partial charge on any atom is -0.103 e. The highest BCUT2D eigenvalue weighted by atomic mass is 14.2. The van der Waals surface area contributed by atoms with Crippen molar-refractivity contribution in [2.24, 2.45) is 17.8 Å². The first-order valence-corrected chi connectivity index (χ1v) is 15.4. The van der Waals surface area contributed by atoms with E-state index in [1.807, 2.05) is 32.9 Å². The predicted molar refractivity (Wildman–Crippen MR) is 189 cm³/mol. The van der Waals surface area contributed by atoms with Crippen LogP contribution in [-0.2, 0) is 0 Å². The Hall–Kier alpha value is -2.60. The monoisotopic (exact) mass is 547 g/mol. The fourth-order valence-electron chi connectivity index (χ4n) is 4.22. The lowest BCUT2D eigenvalue weighted by Gasteiger charge is -2.20. The molecule has 0 aliphatic carbocycles. The highest BCUT2D eigenvalue weighted by molar-refractivity contribution is 5.28. The SMILES string of the molecule is C=C(CC)/C(=C/CC(CC(C)C)CC(C)C)CC.C=C/C=C(\C=C/C)CC(=C)C.C=CC.Cc1ccc(C)cc1. The van der Waals surface area contributed by atoms with E-state index in [1.165, 1.54) is 52.7 Å². The fraction of sp³-hybridized carbons (Fsp3) is 0.500. The minimum atomic E-state index is 0.807. The van der Waals surface area contributed by atoms with Crippen LogP contribution < -0.4 is 0 Å². The van der Waals surface area contributed by atoms with E-state index in [0.29, 0.717) is 0 Å². The molecule has 0 saturated heterocycles. The van der Waals surface area contributed by atoms with Crippen molar-refractivity contribution in [3.05, 3.63) is 120 Å². The lowest BCUT2D eigenvalue weighted by atomic mass is 9.86. The van der Waals surface area contributed by atoms with Crippen molar-refractivity contribution < 1.29 is 0 Å². The largest absolute Gasteiger partial charge is 0.103 e. The van der Waals surface area contributed by atoms with E-state index < -0.39 is 0 Å². The van der Waals surface area contributed by atoms with Crippen LogP contribution in [-0.4, -0.2) is 0 Å². The molecule has 0 N–H and O–H groups in total. The summed E-state index contributed by atoms with van der Waals surface area (Å²) in [5.41, 5.74) is 7.90. The summed E-state index contributed by atoms with van der Waals surface area (Å²) in [7, 11) is 0. The molecule has 1 rings (SSSR count). The zero-order chi connectivity index (χ0) is 31.5. The molecule has 1 aromatic carbocycles. The van der Waals surface area contributed by atoms with Crippen LogP contribution in [0.25, 0.3) is 0 Å². The maximum absolute atomic E-state index is 4.18. The van der Waals surface area contributed by atoms with Gasteiger partial charge in [-0.2, -0.15) is 0 Å². The summed E-state index contributed by atoms with van der Waals surface area (Å²) in [6.45, 7) is 38.9. The molecule has 226 valence electrons. The van der Waals surface area contributed by atoms with Crippen LogP contribution in [0.4, 0.5) is 0 Å². The molecule has 0 nitrogen and oxygen atoms in total. The van der Waals surface area contributed by atoms with E-state index >= 15 is 0 Å². The lowest BCUT2D eigenvalue weighted by Crippen LogP contribution is -2.07. The highest BCUT2D eigenvalue weighted by Crippen LogP contribution is 2.26. The highest BCUT2D eigenvalue weighted by Gasteiger charge is 2.12. The van der Waals surface area contributed by atoms with Crippen molar-refractivity contribution in [1.82, 2.24) is 0 Å². The molecule has 0 aliphatic rings. The summed E-state index contributed by atoms with van der Waals surface area (Å²) in [5, 5.41) is 0. The normalized spacial score (nSPS) is 11.2. The molecule has 0 spiro atoms. The van der Waals surface area contributed by atoms with Crippen LogP contribution in [0.1, 0.15) is 112 Å². The Morgan fingerprint density at radius 3 is 1.57 bits per heavy atom. The molecular weight excluding hydrogens is 480 g/mol. The van der Waals surface area contributed by atoms with E-state index in [1.54, 1.807) is 12.2 Å². The quantitative estimate of drug-likeness (QED) is 0.170. The predicted octanol–water partition coefficient (Wildman–Crippen LogP) is 13.5. The number of hydrogen-bond donors (Lipinski definition) is 0. The Labute approximate surface area is 252 Å². The second kappa shape index (κ2) is 27.9. The average Bonchev–Trinajstić information content (AvgIpc) is 2.86. The third-order valence-electron chi connectivity index (χ3n) is 6.01. The van der Waals surface area contributed by atoms with Crippen LogP contribution in [0.15, 0.2) is 109 Å². The molecular formula is C40H66. The van der Waals surface area contributed by atoms with Crippen LogP contribution in [0.3, 0.4) is 0 Å². The molecule has 0 radical (unpaired) electrons. The van der Waals surface area contributed by atoms with Gasteiger partial charge in [0.05, 0.1) is 0 Å². The Morgan fingerprint density at radius 1 is 0.825 bits per heavy atom. The van der Waals surface area contributed by atoms with Gasteiger partial charge in [-0.3, -0.25) is 0 Å². The van der Waals surface area contributed by atoms with Gasteiger partial charge < -0.3 is 0 Å². The summed E-state index contributed by atoms with van der Waals surface area (Å²) in [6, 6.07) is 8.48. The molecule has 1 aromatic rings. The molecule has 40 heavy (non-hydrogen) atoms. The van der Waals surface area contributed by atoms with Gasteiger partial charge in [-0.25, -0.2) is 0 Å². The Balaban J connectivity index is -0.000000526. The van der Waals surface area contributed by atoms with Gasteiger partial charge in [-0.05, 0) is 102 Å². The van der Waals surface area contributed by atoms with Gasteiger partial charge in [0.25, 0.3) is 0 Å². The van der Waals surface area contributed by atoms with Gasteiger partial charge in [0.15, 0.2) is 0 Å². The average molecular weight is 547 g/mol. The minimum absolute atomic E-state index is 0.807. The first-order chi connectivity index (χ1) is 18.8. The van der Waals surface area contributed by atoms with Crippen molar-refractivity contribution in [3.63, 3.8) is 0 Å². The van der Waals surface area contributed by atoms with Gasteiger partial charge in [0.2, 0.25) is 0 Å². The molecule has 0 atom stereocenters. The molecule has 0 aromatic heterocycles. The van der Waals surface area contributed by atoms with Crippen molar-refractivity contribution in [3.8, 4) is 0 Å². The van der Waals surface area contributed by atoms with E-state index in [9.17, 15) is 0 Å². The topological polar surface area (TPSA) is 0 Å². The summed E-state index contributed by atoms with van der Waals surface area (Å²) in [6.07, 6.45) is 19.2. The first-order valence-electron chi connectivity index (χ1n) is 15.4. The van der Waals surface area contributed by atoms with E-state index in [4.69, 9.17) is 0 Å². The Morgan fingerprint density at radius 2 is 1.27 bits per heavy atom. The maximum atomic E-state index is 4.18. The summed E-state index contributed by atoms with van der Waals surface area (Å²) >= 11 is 0. The first kappa shape index (κ1) is 41.9. The maximum Gasteiger partial charge on any atom is -0.00727 e. The number of benzene rings is 1. The molecule has 0 aliphatic heterocycles. The van der Waals surface area contributed by atoms with Crippen molar-refractivity contribution in [1.29, 1.82) is 0 Å². The molecule has 0 saturated carbocycles. The van der Waals surface area contributed by atoms with Gasteiger partial charge in [0, 0.05) is 0 Å². The number of allylic oxidation sites excluding steroid dienone is 10. The molecule has 0 fully saturated rings. The lowest BCUT2D eigenvalue weighted by molar-refractivity contribution is 0.345. The zero-order valence-electron chi connectivity index (χ0n) is 28.6. The Kier molecular flexibility index (Phi) is 29.3. The second-order valence-corrected chi connectivity index (χ2v) is 11.6. The fourth-order valence-corrected chi connectivity index (χ4v) is 4.22. The van der Waals surface area contributed by atoms with Crippen LogP contribution >= 0.6 is 0 Å². The number of rotatable bonds is 13.